The first-order valence-electron chi connectivity index (χ1n) is 8.05. The number of aromatic nitrogens is 2. The minimum Gasteiger partial charge on any atom is -0.321 e. The van der Waals surface area contributed by atoms with Crippen molar-refractivity contribution in [1.82, 2.24) is 14.7 Å². The number of amides is 2. The molecule has 1 aromatic heterocycles. The molecule has 0 unspecified atom stereocenters. The van der Waals surface area contributed by atoms with Gasteiger partial charge in [0.15, 0.2) is 5.82 Å². The lowest BCUT2D eigenvalue weighted by Crippen LogP contribution is -2.39. The highest BCUT2D eigenvalue weighted by molar-refractivity contribution is 5.88. The van der Waals surface area contributed by atoms with Crippen LogP contribution in [0.5, 0.6) is 0 Å². The third-order valence-corrected chi connectivity index (χ3v) is 4.15. The summed E-state index contributed by atoms with van der Waals surface area (Å²) in [6, 6.07) is 11.5. The van der Waals surface area contributed by atoms with Crippen LogP contribution in [0.15, 0.2) is 42.6 Å². The van der Waals surface area contributed by atoms with Gasteiger partial charge in [-0.1, -0.05) is 30.3 Å². The summed E-state index contributed by atoms with van der Waals surface area (Å²) in [5.74, 6) is 0.297. The second kappa shape index (κ2) is 7.42. The van der Waals surface area contributed by atoms with Gasteiger partial charge in [0.2, 0.25) is 0 Å². The van der Waals surface area contributed by atoms with Crippen molar-refractivity contribution in [3.05, 3.63) is 48.2 Å². The Hall–Kier alpha value is -2.44. The van der Waals surface area contributed by atoms with Gasteiger partial charge in [-0.05, 0) is 24.8 Å². The predicted octanol–water partition coefficient (Wildman–Crippen LogP) is 3.39. The second-order valence-electron chi connectivity index (χ2n) is 5.92. The monoisotopic (exact) mass is 334 g/mol. The summed E-state index contributed by atoms with van der Waals surface area (Å²) in [7, 11) is 0. The molecule has 1 N–H and O–H groups in total. The molecule has 2 aromatic rings. The van der Waals surface area contributed by atoms with Crippen molar-refractivity contribution in [3.63, 3.8) is 0 Å². The zero-order valence-electron chi connectivity index (χ0n) is 13.2. The van der Waals surface area contributed by atoms with Crippen LogP contribution in [0.3, 0.4) is 0 Å². The number of urea groups is 1. The van der Waals surface area contributed by atoms with E-state index in [1.165, 1.54) is 17.8 Å². The van der Waals surface area contributed by atoms with Crippen molar-refractivity contribution < 1.29 is 13.6 Å². The van der Waals surface area contributed by atoms with Gasteiger partial charge in [0.05, 0.1) is 0 Å². The van der Waals surface area contributed by atoms with E-state index in [0.29, 0.717) is 12.4 Å². The minimum absolute atomic E-state index is 0.149. The number of alkyl halides is 2. The number of carbonyl (C=O) groups is 1. The second-order valence-corrected chi connectivity index (χ2v) is 5.92. The molecular weight excluding hydrogens is 314 g/mol. The molecule has 0 spiro atoms. The lowest BCUT2D eigenvalue weighted by atomic mass is 10.0. The summed E-state index contributed by atoms with van der Waals surface area (Å²) in [4.78, 5) is 14.3. The maximum absolute atomic E-state index is 12.5. The number of halogens is 2. The first kappa shape index (κ1) is 16.4. The van der Waals surface area contributed by atoms with Crippen molar-refractivity contribution in [3.8, 4) is 0 Å². The van der Waals surface area contributed by atoms with Crippen LogP contribution in [0.4, 0.5) is 19.4 Å². The van der Waals surface area contributed by atoms with E-state index in [2.05, 4.69) is 22.5 Å². The molecule has 0 saturated carbocycles. The molecule has 1 aliphatic rings. The van der Waals surface area contributed by atoms with Gasteiger partial charge in [-0.25, -0.2) is 13.6 Å². The molecule has 1 atom stereocenters. The highest BCUT2D eigenvalue weighted by Gasteiger charge is 2.29. The van der Waals surface area contributed by atoms with Crippen LogP contribution in [0, 0.1) is 0 Å². The van der Waals surface area contributed by atoms with Crippen molar-refractivity contribution >= 4 is 11.8 Å². The van der Waals surface area contributed by atoms with Crippen LogP contribution >= 0.6 is 0 Å². The van der Waals surface area contributed by atoms with Crippen molar-refractivity contribution in [2.45, 2.75) is 38.3 Å². The quantitative estimate of drug-likeness (QED) is 0.911. The average Bonchev–Trinajstić information content (AvgIpc) is 3.17. The van der Waals surface area contributed by atoms with E-state index in [9.17, 15) is 13.6 Å². The van der Waals surface area contributed by atoms with E-state index < -0.39 is 13.0 Å². The Morgan fingerprint density at radius 2 is 2.08 bits per heavy atom. The average molecular weight is 334 g/mol. The molecule has 1 saturated heterocycles. The molecule has 1 fully saturated rings. The van der Waals surface area contributed by atoms with Gasteiger partial charge >= 0.3 is 6.03 Å². The maximum atomic E-state index is 12.5. The van der Waals surface area contributed by atoms with E-state index in [1.54, 1.807) is 4.90 Å². The number of benzene rings is 1. The fourth-order valence-corrected chi connectivity index (χ4v) is 3.05. The highest BCUT2D eigenvalue weighted by Crippen LogP contribution is 2.22. The minimum atomic E-state index is -2.47. The number of hydrogen-bond donors (Lipinski definition) is 1. The Kier molecular flexibility index (Phi) is 5.08. The third-order valence-electron chi connectivity index (χ3n) is 4.15. The molecular formula is C17H20F2N4O. The van der Waals surface area contributed by atoms with Crippen LogP contribution in [0.2, 0.25) is 0 Å². The fraction of sp³-hybridized carbons (Fsp3) is 0.412. The topological polar surface area (TPSA) is 50.2 Å². The molecule has 7 heteroatoms. The molecule has 128 valence electrons. The Labute approximate surface area is 139 Å². The van der Waals surface area contributed by atoms with Crippen LogP contribution in [-0.2, 0) is 13.0 Å². The van der Waals surface area contributed by atoms with Crippen LogP contribution in [-0.4, -0.2) is 39.7 Å². The summed E-state index contributed by atoms with van der Waals surface area (Å²) >= 11 is 0. The van der Waals surface area contributed by atoms with Crippen molar-refractivity contribution in [2.75, 3.05) is 11.9 Å². The smallest absolute Gasteiger partial charge is 0.321 e. The molecule has 0 bridgehead atoms. The summed E-state index contributed by atoms with van der Waals surface area (Å²) in [6.45, 7) is 0.220. The van der Waals surface area contributed by atoms with E-state index in [0.717, 1.165) is 23.9 Å². The Morgan fingerprint density at radius 1 is 1.29 bits per heavy atom. The molecule has 1 aromatic carbocycles. The molecule has 24 heavy (non-hydrogen) atoms. The summed E-state index contributed by atoms with van der Waals surface area (Å²) in [5, 5.41) is 6.65. The summed E-state index contributed by atoms with van der Waals surface area (Å²) in [6.07, 6.45) is 1.70. The van der Waals surface area contributed by atoms with Gasteiger partial charge in [0, 0.05) is 24.8 Å². The number of carbonyl (C=O) groups excluding carboxylic acids is 1. The van der Waals surface area contributed by atoms with Crippen LogP contribution in [0.25, 0.3) is 0 Å². The standard InChI is InChI=1S/C17H20F2N4O/c18-15(19)12-22-10-8-16(21-22)20-17(24)23-9-4-7-14(23)11-13-5-2-1-3-6-13/h1-3,5-6,8,10,14-15H,4,7,9,11-12H2,(H,20,21,24)/t14-/m1/s1. The van der Waals surface area contributed by atoms with Crippen LogP contribution < -0.4 is 5.32 Å². The van der Waals surface area contributed by atoms with Crippen molar-refractivity contribution in [2.24, 2.45) is 0 Å². The van der Waals surface area contributed by atoms with E-state index in [1.807, 2.05) is 18.2 Å². The van der Waals surface area contributed by atoms with Crippen molar-refractivity contribution in [1.29, 1.82) is 0 Å². The number of rotatable bonds is 5. The van der Waals surface area contributed by atoms with Gasteiger partial charge < -0.3 is 4.90 Å². The Morgan fingerprint density at radius 3 is 2.83 bits per heavy atom. The summed E-state index contributed by atoms with van der Waals surface area (Å²) < 4.78 is 25.8. The van der Waals surface area contributed by atoms with Gasteiger partial charge in [-0.15, -0.1) is 0 Å². The van der Waals surface area contributed by atoms with Gasteiger partial charge in [-0.2, -0.15) is 5.10 Å². The molecule has 2 amide bonds. The highest BCUT2D eigenvalue weighted by atomic mass is 19.3. The Balaban J connectivity index is 1.60. The number of nitrogens with one attached hydrogen (secondary N) is 1. The van der Waals surface area contributed by atoms with Gasteiger partial charge in [0.1, 0.15) is 6.54 Å². The third kappa shape index (κ3) is 4.10. The molecule has 0 radical (unpaired) electrons. The SMILES string of the molecule is O=C(Nc1ccn(CC(F)F)n1)N1CCC[C@@H]1Cc1ccccc1. The maximum Gasteiger partial charge on any atom is 0.323 e. The molecule has 3 rings (SSSR count). The first-order valence-corrected chi connectivity index (χ1v) is 8.05. The largest absolute Gasteiger partial charge is 0.323 e. The zero-order valence-corrected chi connectivity index (χ0v) is 13.2. The number of anilines is 1. The molecule has 5 nitrogen and oxygen atoms in total. The van der Waals surface area contributed by atoms with Gasteiger partial charge in [0.25, 0.3) is 6.43 Å². The predicted molar refractivity (Wildman–Crippen MR) is 87.1 cm³/mol. The molecule has 1 aliphatic heterocycles. The molecule has 2 heterocycles. The fourth-order valence-electron chi connectivity index (χ4n) is 3.05. The Bertz CT molecular complexity index is 674. The van der Waals surface area contributed by atoms with E-state index in [-0.39, 0.29) is 12.1 Å². The zero-order chi connectivity index (χ0) is 16.9. The normalized spacial score (nSPS) is 17.5. The summed E-state index contributed by atoms with van der Waals surface area (Å²) in [5.41, 5.74) is 1.20. The lowest BCUT2D eigenvalue weighted by Gasteiger charge is -2.24. The first-order chi connectivity index (χ1) is 11.6. The van der Waals surface area contributed by atoms with Crippen LogP contribution in [0.1, 0.15) is 18.4 Å². The number of hydrogen-bond acceptors (Lipinski definition) is 2. The molecule has 0 aliphatic carbocycles. The van der Waals surface area contributed by atoms with Gasteiger partial charge in [-0.3, -0.25) is 10.00 Å². The number of likely N-dealkylation sites (tertiary alicyclic amines) is 1. The lowest BCUT2D eigenvalue weighted by molar-refractivity contribution is 0.122. The van der Waals surface area contributed by atoms with E-state index in [4.69, 9.17) is 0 Å². The van der Waals surface area contributed by atoms with E-state index >= 15 is 0 Å². The number of nitrogens with zero attached hydrogens (tertiary/aromatic N) is 3.